The minimum absolute atomic E-state index is 0.0973. The number of benzene rings is 2. The van der Waals surface area contributed by atoms with Gasteiger partial charge in [0.1, 0.15) is 59.3 Å². The van der Waals surface area contributed by atoms with Crippen molar-refractivity contribution >= 4 is 63.8 Å². The van der Waals surface area contributed by atoms with Gasteiger partial charge in [-0.15, -0.1) is 0 Å². The molecule has 0 saturated carbocycles. The predicted octanol–water partition coefficient (Wildman–Crippen LogP) is 3.26. The Morgan fingerprint density at radius 2 is 1.31 bits per heavy atom. The lowest BCUT2D eigenvalue weighted by Crippen LogP contribution is -2.55. The molecular weight excluding hydrogens is 901 g/mol. The van der Waals surface area contributed by atoms with Gasteiger partial charge in [0.2, 0.25) is 11.9 Å². The maximum Gasteiger partial charge on any atom is 0.276 e. The largest absolute Gasteiger partial charge is 0.490 e. The Hall–Kier alpha value is -7.63. The molecule has 9 rings (SSSR count). The van der Waals surface area contributed by atoms with E-state index in [1.807, 2.05) is 49.0 Å². The Kier molecular flexibility index (Phi) is 13.9. The number of nitrogens with one attached hydrogen (secondary N) is 4. The first-order valence-electron chi connectivity index (χ1n) is 23.5. The molecule has 0 aliphatic carbocycles. The fraction of sp³-hybridized carbons (Fsp3) is 0.426. The van der Waals surface area contributed by atoms with Crippen molar-refractivity contribution < 1.29 is 33.4 Å². The zero-order valence-corrected chi connectivity index (χ0v) is 39.6. The second-order valence-corrected chi connectivity index (χ2v) is 17.5. The molecule has 3 atom stereocenters. The molecule has 70 heavy (non-hydrogen) atoms. The van der Waals surface area contributed by atoms with Gasteiger partial charge in [-0.25, -0.2) is 15.8 Å². The summed E-state index contributed by atoms with van der Waals surface area (Å²) in [5.41, 5.74) is 7.13. The molecule has 3 unspecified atom stereocenters. The number of ether oxygens (including phenoxy) is 3. The van der Waals surface area contributed by atoms with Crippen molar-refractivity contribution in [2.45, 2.75) is 97.7 Å². The second kappa shape index (κ2) is 20.5. The van der Waals surface area contributed by atoms with E-state index >= 15 is 0 Å². The van der Waals surface area contributed by atoms with E-state index in [-0.39, 0.29) is 67.8 Å². The fourth-order valence-corrected chi connectivity index (χ4v) is 9.66. The number of fused-ring (bicyclic) bond motifs is 2. The molecule has 0 radical (unpaired) electrons. The summed E-state index contributed by atoms with van der Waals surface area (Å²) in [6.07, 6.45) is 7.32. The highest BCUT2D eigenvalue weighted by atomic mass is 16.5. The third-order valence-corrected chi connectivity index (χ3v) is 12.9. The van der Waals surface area contributed by atoms with E-state index in [0.717, 1.165) is 19.1 Å². The molecule has 2 aromatic carbocycles. The smallest absolute Gasteiger partial charge is 0.276 e. The topological polar surface area (TPSA) is 283 Å². The van der Waals surface area contributed by atoms with Crippen molar-refractivity contribution in [1.82, 2.24) is 54.3 Å². The van der Waals surface area contributed by atoms with Gasteiger partial charge >= 0.3 is 0 Å². The number of hydrazine groups is 1. The number of amidine groups is 1. The second-order valence-electron chi connectivity index (χ2n) is 17.5. The Morgan fingerprint density at radius 1 is 0.757 bits per heavy atom. The number of rotatable bonds is 13. The number of hydrogen-bond donors (Lipinski definition) is 6. The van der Waals surface area contributed by atoms with Crippen LogP contribution in [-0.4, -0.2) is 125 Å². The predicted molar refractivity (Wildman–Crippen MR) is 260 cm³/mol. The Bertz CT molecular complexity index is 3000. The molecular formula is C47H58N16O7. The van der Waals surface area contributed by atoms with Gasteiger partial charge in [0, 0.05) is 62.4 Å². The van der Waals surface area contributed by atoms with Crippen molar-refractivity contribution in [3.05, 3.63) is 82.5 Å². The van der Waals surface area contributed by atoms with Crippen LogP contribution in [0.15, 0.2) is 53.7 Å². The van der Waals surface area contributed by atoms with Gasteiger partial charge in [0.05, 0.1) is 41.7 Å². The van der Waals surface area contributed by atoms with Crippen molar-refractivity contribution in [1.29, 1.82) is 0 Å². The number of nitrogens with zero attached hydrogens (tertiary/aromatic N) is 10. The van der Waals surface area contributed by atoms with E-state index in [4.69, 9.17) is 35.9 Å². The molecule has 8 N–H and O–H groups in total. The van der Waals surface area contributed by atoms with Crippen LogP contribution < -0.4 is 42.5 Å². The zero-order chi connectivity index (χ0) is 49.1. The fourth-order valence-electron chi connectivity index (χ4n) is 9.66. The normalized spacial score (nSPS) is 18.9. The quantitative estimate of drug-likeness (QED) is 0.0184. The minimum Gasteiger partial charge on any atom is -0.490 e. The number of aromatic nitrogens is 8. The van der Waals surface area contributed by atoms with E-state index in [2.05, 4.69) is 41.6 Å². The summed E-state index contributed by atoms with van der Waals surface area (Å²) in [5.74, 6) is 11.3. The number of hydrogen-bond acceptors (Lipinski definition) is 15. The van der Waals surface area contributed by atoms with Gasteiger partial charge in [0.15, 0.2) is 0 Å². The first kappa shape index (κ1) is 47.4. The number of allylic oxidation sites excluding steroid dienone is 2. The lowest BCUT2D eigenvalue weighted by molar-refractivity contribution is -0.0534. The number of carbonyl (C=O) groups is 4. The lowest BCUT2D eigenvalue weighted by Gasteiger charge is -2.40. The molecule has 368 valence electrons. The summed E-state index contributed by atoms with van der Waals surface area (Å²) >= 11 is 0. The third kappa shape index (κ3) is 9.54. The third-order valence-electron chi connectivity index (χ3n) is 12.9. The number of morpholine rings is 1. The summed E-state index contributed by atoms with van der Waals surface area (Å²) in [4.78, 5) is 66.6. The van der Waals surface area contributed by atoms with E-state index < -0.39 is 11.8 Å². The van der Waals surface area contributed by atoms with Crippen LogP contribution in [0, 0.1) is 13.8 Å². The monoisotopic (exact) mass is 958 g/mol. The molecule has 2 bridgehead atoms. The van der Waals surface area contributed by atoms with Crippen LogP contribution in [0.3, 0.4) is 0 Å². The van der Waals surface area contributed by atoms with Crippen LogP contribution in [0.5, 0.6) is 11.5 Å². The summed E-state index contributed by atoms with van der Waals surface area (Å²) in [6, 6.07) is 9.98. The molecule has 4 aromatic heterocycles. The van der Waals surface area contributed by atoms with E-state index in [1.165, 1.54) is 0 Å². The molecule has 23 nitrogen and oxygen atoms in total. The molecule has 6 aromatic rings. The molecule has 3 aliphatic heterocycles. The average Bonchev–Trinajstić information content (AvgIpc) is 4.17. The van der Waals surface area contributed by atoms with Crippen LogP contribution in [-0.2, 0) is 30.9 Å². The summed E-state index contributed by atoms with van der Waals surface area (Å²) < 4.78 is 26.7. The van der Waals surface area contributed by atoms with Gasteiger partial charge in [-0.3, -0.25) is 44.1 Å². The Labute approximate surface area is 402 Å². The van der Waals surface area contributed by atoms with Crippen LogP contribution in [0.1, 0.15) is 92.6 Å². The number of imidazole rings is 2. The molecule has 7 heterocycles. The van der Waals surface area contributed by atoms with Gasteiger partial charge in [0.25, 0.3) is 17.7 Å². The molecule has 3 aliphatic rings. The highest BCUT2D eigenvalue weighted by Crippen LogP contribution is 2.36. The summed E-state index contributed by atoms with van der Waals surface area (Å²) in [5, 5.41) is 21.6. The Balaban J connectivity index is 1.16. The molecule has 3 amide bonds. The van der Waals surface area contributed by atoms with E-state index in [0.29, 0.717) is 113 Å². The number of amides is 3. The number of hydrazone groups is 1. The number of aldehydes is 1. The molecule has 0 spiro atoms. The van der Waals surface area contributed by atoms with Gasteiger partial charge in [-0.2, -0.15) is 15.3 Å². The zero-order valence-electron chi connectivity index (χ0n) is 39.6. The van der Waals surface area contributed by atoms with Crippen molar-refractivity contribution in [3.8, 4) is 11.5 Å². The number of carbonyl (C=O) groups excluding carboxylic acids is 4. The van der Waals surface area contributed by atoms with E-state index in [9.17, 15) is 19.2 Å². The summed E-state index contributed by atoms with van der Waals surface area (Å²) in [7, 11) is 0. The van der Waals surface area contributed by atoms with Crippen LogP contribution in [0.2, 0.25) is 0 Å². The number of aryl methyl sites for hydroxylation is 4. The maximum atomic E-state index is 14.1. The maximum absolute atomic E-state index is 14.1. The SMILES string of the molecule is CCn1nc(C)cc1C(=O)Nc1nc2cc(C=O)cc3c2n1C/C=C/Cn1c(NC(=O)c2cc(C)nn2CC)nc2cc(C(=O)NCCC/C(=N/N)NN)cc(c21)OCC(N1C2CCC1COC2)CO3. The number of nitrogens with two attached hydrogens (primary N) is 2. The molecule has 2 saturated heterocycles. The van der Waals surface area contributed by atoms with Crippen LogP contribution in [0.4, 0.5) is 11.9 Å². The highest BCUT2D eigenvalue weighted by molar-refractivity contribution is 6.05. The van der Waals surface area contributed by atoms with Crippen molar-refractivity contribution in [3.63, 3.8) is 0 Å². The summed E-state index contributed by atoms with van der Waals surface area (Å²) in [6.45, 7) is 10.4. The van der Waals surface area contributed by atoms with Gasteiger partial charge < -0.3 is 39.9 Å². The molecule has 2 fully saturated rings. The number of anilines is 2. The average molecular weight is 959 g/mol. The van der Waals surface area contributed by atoms with Gasteiger partial charge in [-0.1, -0.05) is 12.2 Å². The highest BCUT2D eigenvalue weighted by Gasteiger charge is 2.42. The first-order valence-corrected chi connectivity index (χ1v) is 23.5. The van der Waals surface area contributed by atoms with Gasteiger partial charge in [-0.05, 0) is 83.4 Å². The lowest BCUT2D eigenvalue weighted by atomic mass is 10.1. The van der Waals surface area contributed by atoms with Crippen LogP contribution in [0.25, 0.3) is 22.1 Å². The standard InChI is InChI=1S/C47H58N16O7/c1-5-61-36(16-27(3)57-61)44(66)53-46-51-34-18-29(22-64)19-38-41(34)59(46)14-7-8-15-60-42-35(52-47(60)54-45(67)37-17-28(4)58-62(37)6-2)20-30(43(65)50-13-9-10-40(55-48)56-49)21-39(42)70-26-33(25-69-38)63-31-11-12-32(63)24-68-23-31/h7-8,16-22,31-33H,5-6,9-15,23-26,48-49H2,1-4H3,(H,50,65)(H,55,56)(H,51,53,66)(H,52,54,67)/b8-7+. The van der Waals surface area contributed by atoms with Crippen molar-refractivity contribution in [2.75, 3.05) is 43.6 Å². The van der Waals surface area contributed by atoms with Crippen molar-refractivity contribution in [2.24, 2.45) is 16.8 Å². The van der Waals surface area contributed by atoms with E-state index in [1.54, 1.807) is 45.8 Å². The first-order chi connectivity index (χ1) is 34.0. The Morgan fingerprint density at radius 3 is 1.84 bits per heavy atom. The minimum atomic E-state index is -0.422. The molecule has 23 heteroatoms. The van der Waals surface area contributed by atoms with Crippen LogP contribution >= 0.6 is 0 Å².